The molecule has 3 aliphatic rings. The van der Waals surface area contributed by atoms with Crippen molar-refractivity contribution in [1.29, 1.82) is 0 Å². The summed E-state index contributed by atoms with van der Waals surface area (Å²) >= 11 is 0. The predicted octanol–water partition coefficient (Wildman–Crippen LogP) is 10.6. The molecule has 0 bridgehead atoms. The lowest BCUT2D eigenvalue weighted by Crippen LogP contribution is -2.51. The number of carbonyl (C=O) groups is 3. The summed E-state index contributed by atoms with van der Waals surface area (Å²) in [7, 11) is 1.32. The van der Waals surface area contributed by atoms with Gasteiger partial charge in [-0.25, -0.2) is 4.79 Å². The second kappa shape index (κ2) is 16.7. The van der Waals surface area contributed by atoms with Crippen molar-refractivity contribution in [1.82, 2.24) is 25.1 Å². The highest BCUT2D eigenvalue weighted by molar-refractivity contribution is 5.88. The molecule has 2 aromatic heterocycles. The number of likely N-dealkylation sites (tertiary alicyclic amines) is 2. The van der Waals surface area contributed by atoms with E-state index in [2.05, 4.69) is 128 Å². The minimum Gasteiger partial charge on any atom is -0.453 e. The van der Waals surface area contributed by atoms with Gasteiger partial charge in [-0.15, -0.1) is 0 Å². The van der Waals surface area contributed by atoms with E-state index in [1.807, 2.05) is 30.1 Å². The topological polar surface area (TPSA) is 114 Å². The van der Waals surface area contributed by atoms with Crippen molar-refractivity contribution in [2.45, 2.75) is 123 Å². The number of aromatic amines is 2. The summed E-state index contributed by atoms with van der Waals surface area (Å²) in [4.78, 5) is 53.3. The van der Waals surface area contributed by atoms with Crippen LogP contribution in [0.15, 0.2) is 72.8 Å². The molecule has 3 fully saturated rings. The van der Waals surface area contributed by atoms with Crippen molar-refractivity contribution in [3.63, 3.8) is 0 Å². The van der Waals surface area contributed by atoms with Gasteiger partial charge in [-0.1, -0.05) is 84.9 Å². The summed E-state index contributed by atoms with van der Waals surface area (Å²) in [5.74, 6) is 0.190. The lowest BCUT2D eigenvalue weighted by atomic mass is 9.87. The fourth-order valence-electron chi connectivity index (χ4n) is 10.0. The maximum atomic E-state index is 13.9. The third-order valence-electron chi connectivity index (χ3n) is 13.2. The monoisotopic (exact) mass is 811 g/mol. The SMILES string of the molecule is COC(=O)N[C@H](C(=O)N1CCC[C@H]1c1cc2ccc([C@H]3CC[C@H](c4ccc5cc([C@@H]6CCCN6C(=O)[CH]C(C)C)[nH]c5c4)N3c3ccc(C(C)(C)C)cc3)cc2[nH]1)C(C)C. The first-order valence-electron chi connectivity index (χ1n) is 22.1. The number of H-pyrrole nitrogens is 2. The van der Waals surface area contributed by atoms with Crippen molar-refractivity contribution in [3.8, 4) is 0 Å². The number of methoxy groups -OCH3 is 1. The first-order chi connectivity index (χ1) is 28.7. The highest BCUT2D eigenvalue weighted by Gasteiger charge is 2.39. The van der Waals surface area contributed by atoms with Crippen LogP contribution in [-0.4, -0.2) is 63.9 Å². The molecule has 3 saturated heterocycles. The van der Waals surface area contributed by atoms with Crippen LogP contribution in [-0.2, 0) is 19.7 Å². The number of rotatable bonds is 10. The van der Waals surface area contributed by atoms with E-state index in [-0.39, 0.29) is 53.2 Å². The smallest absolute Gasteiger partial charge is 0.407 e. The molecule has 10 heteroatoms. The first kappa shape index (κ1) is 41.5. The third kappa shape index (κ3) is 8.14. The lowest BCUT2D eigenvalue weighted by Gasteiger charge is -2.34. The summed E-state index contributed by atoms with van der Waals surface area (Å²) in [5.41, 5.74) is 9.41. The number of carbonyl (C=O) groups excluding carboxylic acids is 3. The number of alkyl carbamates (subject to hydrolysis) is 1. The number of amides is 3. The zero-order chi connectivity index (χ0) is 42.5. The molecule has 10 nitrogen and oxygen atoms in total. The lowest BCUT2D eigenvalue weighted by molar-refractivity contribution is -0.135. The molecular weight excluding hydrogens is 749 g/mol. The van der Waals surface area contributed by atoms with E-state index in [0.29, 0.717) is 6.54 Å². The number of aromatic nitrogens is 2. The average Bonchev–Trinajstić information content (AvgIpc) is 4.06. The number of hydrogen-bond acceptors (Lipinski definition) is 5. The Balaban J connectivity index is 1.10. The van der Waals surface area contributed by atoms with E-state index in [9.17, 15) is 14.4 Å². The van der Waals surface area contributed by atoms with Crippen LogP contribution in [0.2, 0.25) is 0 Å². The van der Waals surface area contributed by atoms with E-state index in [1.54, 1.807) is 0 Å². The van der Waals surface area contributed by atoms with Gasteiger partial charge in [0.25, 0.3) is 0 Å². The fourth-order valence-corrected chi connectivity index (χ4v) is 10.0. The molecule has 3 aromatic carbocycles. The van der Waals surface area contributed by atoms with Crippen molar-refractivity contribution in [3.05, 3.63) is 107 Å². The van der Waals surface area contributed by atoms with Gasteiger partial charge in [0.1, 0.15) is 6.04 Å². The van der Waals surface area contributed by atoms with E-state index in [0.717, 1.165) is 72.9 Å². The van der Waals surface area contributed by atoms with Crippen LogP contribution in [0.3, 0.4) is 0 Å². The van der Waals surface area contributed by atoms with Gasteiger partial charge in [0.2, 0.25) is 11.8 Å². The number of anilines is 1. The Kier molecular flexibility index (Phi) is 11.5. The maximum Gasteiger partial charge on any atom is 0.407 e. The molecule has 0 unspecified atom stereocenters. The molecule has 5 atom stereocenters. The van der Waals surface area contributed by atoms with Crippen LogP contribution in [0.4, 0.5) is 10.5 Å². The summed E-state index contributed by atoms with van der Waals surface area (Å²) in [6, 6.07) is 26.9. The number of nitrogens with one attached hydrogen (secondary N) is 3. The van der Waals surface area contributed by atoms with Gasteiger partial charge >= 0.3 is 6.09 Å². The molecule has 5 heterocycles. The Morgan fingerprint density at radius 1 is 0.717 bits per heavy atom. The molecule has 0 aliphatic carbocycles. The molecular formula is C50H63N6O4. The maximum absolute atomic E-state index is 13.9. The molecule has 60 heavy (non-hydrogen) atoms. The highest BCUT2D eigenvalue weighted by atomic mass is 16.5. The standard InChI is InChI=1S/C50H63N6O4/c1-30(2)25-46(57)54-23-9-11-44(54)40-26-32-13-15-34(28-38(32)51-40)42-21-22-43(56(42)37-19-17-36(18-20-37)50(5,6)7)35-16-14-33-27-41(52-39(33)29-35)45-12-10-24-55(45)48(58)47(31(3)4)53-49(59)60-8/h13-20,25-31,42-45,47,51-52H,9-12,21-24H2,1-8H3,(H,53,59)/t42-,43-,44+,45+,47+/m1/s1. The Hall–Kier alpha value is -5.25. The second-order valence-electron chi connectivity index (χ2n) is 19.1. The zero-order valence-electron chi connectivity index (χ0n) is 36.7. The van der Waals surface area contributed by atoms with Gasteiger partial charge in [-0.2, -0.15) is 0 Å². The Bertz CT molecular complexity index is 2350. The predicted molar refractivity (Wildman–Crippen MR) is 240 cm³/mol. The van der Waals surface area contributed by atoms with Crippen LogP contribution in [0.25, 0.3) is 21.8 Å². The Labute approximate surface area is 355 Å². The van der Waals surface area contributed by atoms with E-state index in [1.165, 1.54) is 34.9 Å². The van der Waals surface area contributed by atoms with Crippen molar-refractivity contribution < 1.29 is 19.1 Å². The zero-order valence-corrected chi connectivity index (χ0v) is 36.7. The summed E-state index contributed by atoms with van der Waals surface area (Å²) in [6.07, 6.45) is 6.99. The number of ether oxygens (including phenoxy) is 1. The molecule has 317 valence electrons. The van der Waals surface area contributed by atoms with Gasteiger partial charge < -0.3 is 34.7 Å². The normalized spacial score (nSPS) is 21.5. The minimum atomic E-state index is -0.658. The average molecular weight is 812 g/mol. The third-order valence-corrected chi connectivity index (χ3v) is 13.2. The van der Waals surface area contributed by atoms with E-state index >= 15 is 0 Å². The van der Waals surface area contributed by atoms with Crippen LogP contribution >= 0.6 is 0 Å². The van der Waals surface area contributed by atoms with Gasteiger partial charge in [0, 0.05) is 41.2 Å². The summed E-state index contributed by atoms with van der Waals surface area (Å²) in [5, 5.41) is 5.06. The largest absolute Gasteiger partial charge is 0.453 e. The molecule has 3 amide bonds. The molecule has 1 radical (unpaired) electrons. The fraction of sp³-hybridized carbons (Fsp3) is 0.480. The van der Waals surface area contributed by atoms with E-state index in [4.69, 9.17) is 4.74 Å². The second-order valence-corrected chi connectivity index (χ2v) is 19.1. The van der Waals surface area contributed by atoms with Crippen molar-refractivity contribution in [2.24, 2.45) is 11.8 Å². The van der Waals surface area contributed by atoms with Crippen LogP contribution in [0.5, 0.6) is 0 Å². The Morgan fingerprint density at radius 2 is 1.25 bits per heavy atom. The van der Waals surface area contributed by atoms with Gasteiger partial charge in [0.15, 0.2) is 0 Å². The van der Waals surface area contributed by atoms with Crippen LogP contribution < -0.4 is 10.2 Å². The van der Waals surface area contributed by atoms with Crippen LogP contribution in [0.1, 0.15) is 139 Å². The van der Waals surface area contributed by atoms with Crippen molar-refractivity contribution >= 4 is 45.4 Å². The molecule has 5 aromatic rings. The van der Waals surface area contributed by atoms with E-state index < -0.39 is 12.1 Å². The highest BCUT2D eigenvalue weighted by Crippen LogP contribution is 2.48. The van der Waals surface area contributed by atoms with Crippen LogP contribution in [0, 0.1) is 18.3 Å². The number of nitrogens with zero attached hydrogens (tertiary/aromatic N) is 3. The molecule has 3 N–H and O–H groups in total. The first-order valence-corrected chi connectivity index (χ1v) is 22.1. The van der Waals surface area contributed by atoms with Gasteiger partial charge in [-0.3, -0.25) is 9.59 Å². The Morgan fingerprint density at radius 3 is 1.75 bits per heavy atom. The summed E-state index contributed by atoms with van der Waals surface area (Å²) < 4.78 is 4.84. The number of benzene rings is 3. The molecule has 0 saturated carbocycles. The quantitative estimate of drug-likeness (QED) is 0.130. The summed E-state index contributed by atoms with van der Waals surface area (Å²) in [6.45, 7) is 16.2. The van der Waals surface area contributed by atoms with Gasteiger partial charge in [-0.05, 0) is 120 Å². The molecule has 8 rings (SSSR count). The number of fused-ring (bicyclic) bond motifs is 2. The molecule has 3 aliphatic heterocycles. The van der Waals surface area contributed by atoms with Gasteiger partial charge in [0.05, 0.1) is 37.7 Å². The minimum absolute atomic E-state index is 0.0501. The van der Waals surface area contributed by atoms with Crippen molar-refractivity contribution in [2.75, 3.05) is 25.1 Å². The molecule has 0 spiro atoms. The number of hydrogen-bond donors (Lipinski definition) is 3.